The molecule has 21 heavy (non-hydrogen) atoms. The number of nitrogens with two attached hydrogens (primary N) is 1. The first-order valence-electron chi connectivity index (χ1n) is 6.36. The van der Waals surface area contributed by atoms with Gasteiger partial charge in [0.15, 0.2) is 0 Å². The third kappa shape index (κ3) is 3.71. The van der Waals surface area contributed by atoms with E-state index in [0.717, 1.165) is 31.0 Å². The average molecular weight is 334 g/mol. The molecule has 8 heteroatoms. The second-order valence-electron chi connectivity index (χ2n) is 5.05. The van der Waals surface area contributed by atoms with Crippen molar-refractivity contribution in [2.75, 3.05) is 6.54 Å². The molecule has 1 aromatic carbocycles. The molecule has 0 bridgehead atoms. The predicted octanol–water partition coefficient (Wildman–Crippen LogP) is 1.67. The van der Waals surface area contributed by atoms with Gasteiger partial charge in [-0.3, -0.25) is 0 Å². The zero-order valence-corrected chi connectivity index (χ0v) is 12.9. The standard InChI is InChI=1S/C13H16FN3O2S.ClH/c14-12-4-3-11(7-10(12)8-15)20(18,19)17-13(9-16)5-1-2-6-13;/h3-4,7,17H,1-2,5-6,9,16H2;1H. The molecule has 0 unspecified atom stereocenters. The smallest absolute Gasteiger partial charge is 0.241 e. The molecule has 0 radical (unpaired) electrons. The molecule has 3 N–H and O–H groups in total. The summed E-state index contributed by atoms with van der Waals surface area (Å²) in [5.74, 6) is -0.735. The van der Waals surface area contributed by atoms with Crippen LogP contribution in [0.15, 0.2) is 23.1 Å². The van der Waals surface area contributed by atoms with E-state index in [4.69, 9.17) is 11.0 Å². The second-order valence-corrected chi connectivity index (χ2v) is 6.73. The zero-order valence-electron chi connectivity index (χ0n) is 11.3. The Labute approximate surface area is 129 Å². The quantitative estimate of drug-likeness (QED) is 0.876. The number of nitrogens with one attached hydrogen (secondary N) is 1. The Morgan fingerprint density at radius 1 is 1.38 bits per heavy atom. The third-order valence-electron chi connectivity index (χ3n) is 3.67. The van der Waals surface area contributed by atoms with Gasteiger partial charge in [0.05, 0.1) is 10.5 Å². The van der Waals surface area contributed by atoms with E-state index in [1.54, 1.807) is 6.07 Å². The van der Waals surface area contributed by atoms with Crippen molar-refractivity contribution < 1.29 is 12.8 Å². The molecule has 0 aliphatic heterocycles. The van der Waals surface area contributed by atoms with Gasteiger partial charge in [0.1, 0.15) is 11.9 Å². The Morgan fingerprint density at radius 2 is 2.00 bits per heavy atom. The molecule has 0 heterocycles. The van der Waals surface area contributed by atoms with Crippen LogP contribution < -0.4 is 10.5 Å². The van der Waals surface area contributed by atoms with Crippen molar-refractivity contribution in [3.63, 3.8) is 0 Å². The van der Waals surface area contributed by atoms with Crippen molar-refractivity contribution in [3.8, 4) is 6.07 Å². The first-order valence-corrected chi connectivity index (χ1v) is 7.84. The van der Waals surface area contributed by atoms with Crippen LogP contribution in [0.25, 0.3) is 0 Å². The lowest BCUT2D eigenvalue weighted by Crippen LogP contribution is -2.51. The van der Waals surface area contributed by atoms with Gasteiger partial charge in [0.2, 0.25) is 10.0 Å². The van der Waals surface area contributed by atoms with Gasteiger partial charge in [-0.25, -0.2) is 17.5 Å². The Balaban J connectivity index is 0.00000220. The number of rotatable bonds is 4. The summed E-state index contributed by atoms with van der Waals surface area (Å²) in [7, 11) is -3.81. The van der Waals surface area contributed by atoms with E-state index in [2.05, 4.69) is 4.72 Å². The number of nitrogens with zero attached hydrogens (tertiary/aromatic N) is 1. The SMILES string of the molecule is Cl.N#Cc1cc(S(=O)(=O)NC2(CN)CCCC2)ccc1F. The summed E-state index contributed by atoms with van der Waals surface area (Å²) in [5.41, 5.74) is 4.78. The maximum absolute atomic E-state index is 13.2. The Kier molecular flexibility index (Phi) is 5.70. The zero-order chi connectivity index (χ0) is 14.8. The molecule has 1 aromatic rings. The van der Waals surface area contributed by atoms with E-state index < -0.39 is 21.4 Å². The lowest BCUT2D eigenvalue weighted by Gasteiger charge is -2.28. The Hall–Kier alpha value is -1.20. The van der Waals surface area contributed by atoms with E-state index >= 15 is 0 Å². The summed E-state index contributed by atoms with van der Waals surface area (Å²) in [6.45, 7) is 0.221. The van der Waals surface area contributed by atoms with Crippen LogP contribution in [-0.2, 0) is 10.0 Å². The molecular formula is C13H17ClFN3O2S. The van der Waals surface area contributed by atoms with Crippen LogP contribution in [0.3, 0.4) is 0 Å². The number of benzene rings is 1. The van der Waals surface area contributed by atoms with Crippen molar-refractivity contribution in [1.82, 2.24) is 4.72 Å². The molecule has 1 aliphatic carbocycles. The molecule has 0 aromatic heterocycles. The fourth-order valence-electron chi connectivity index (χ4n) is 2.50. The topological polar surface area (TPSA) is 96.0 Å². The number of nitriles is 1. The summed E-state index contributed by atoms with van der Waals surface area (Å²) >= 11 is 0. The van der Waals surface area contributed by atoms with Gasteiger partial charge < -0.3 is 5.73 Å². The number of hydrogen-bond donors (Lipinski definition) is 2. The lowest BCUT2D eigenvalue weighted by atomic mass is 10.0. The molecule has 0 saturated heterocycles. The van der Waals surface area contributed by atoms with Crippen LogP contribution >= 0.6 is 12.4 Å². The predicted molar refractivity (Wildman–Crippen MR) is 78.9 cm³/mol. The first kappa shape index (κ1) is 17.9. The summed E-state index contributed by atoms with van der Waals surface area (Å²) in [6, 6.07) is 4.80. The lowest BCUT2D eigenvalue weighted by molar-refractivity contribution is 0.399. The highest BCUT2D eigenvalue weighted by Gasteiger charge is 2.36. The van der Waals surface area contributed by atoms with Gasteiger partial charge in [-0.15, -0.1) is 12.4 Å². The summed E-state index contributed by atoms with van der Waals surface area (Å²) in [5, 5.41) is 8.76. The van der Waals surface area contributed by atoms with Crippen LogP contribution in [0.1, 0.15) is 31.2 Å². The van der Waals surface area contributed by atoms with Gasteiger partial charge in [0.25, 0.3) is 0 Å². The molecule has 0 spiro atoms. The van der Waals surface area contributed by atoms with E-state index in [1.807, 2.05) is 0 Å². The number of halogens is 2. The minimum atomic E-state index is -3.81. The van der Waals surface area contributed by atoms with Gasteiger partial charge in [-0.1, -0.05) is 12.8 Å². The van der Waals surface area contributed by atoms with Crippen molar-refractivity contribution in [2.45, 2.75) is 36.1 Å². The van der Waals surface area contributed by atoms with Crippen LogP contribution in [0.5, 0.6) is 0 Å². The highest BCUT2D eigenvalue weighted by molar-refractivity contribution is 7.89. The van der Waals surface area contributed by atoms with E-state index in [0.29, 0.717) is 12.8 Å². The third-order valence-corrected chi connectivity index (χ3v) is 5.25. The first-order chi connectivity index (χ1) is 9.42. The van der Waals surface area contributed by atoms with Gasteiger partial charge >= 0.3 is 0 Å². The summed E-state index contributed by atoms with van der Waals surface area (Å²) in [4.78, 5) is -0.116. The van der Waals surface area contributed by atoms with Gasteiger partial charge in [-0.2, -0.15) is 5.26 Å². The molecule has 1 saturated carbocycles. The monoisotopic (exact) mass is 333 g/mol. The highest BCUT2D eigenvalue weighted by atomic mass is 35.5. The van der Waals surface area contributed by atoms with Crippen molar-refractivity contribution in [1.29, 1.82) is 5.26 Å². The maximum Gasteiger partial charge on any atom is 0.241 e. The van der Waals surface area contributed by atoms with Gasteiger partial charge in [0, 0.05) is 12.1 Å². The van der Waals surface area contributed by atoms with Gasteiger partial charge in [-0.05, 0) is 31.0 Å². The molecule has 1 aliphatic rings. The van der Waals surface area contributed by atoms with Crippen LogP contribution in [0.2, 0.25) is 0 Å². The fourth-order valence-corrected chi connectivity index (χ4v) is 4.00. The normalized spacial score (nSPS) is 17.0. The van der Waals surface area contributed by atoms with Crippen LogP contribution in [0.4, 0.5) is 4.39 Å². The van der Waals surface area contributed by atoms with Crippen molar-refractivity contribution >= 4 is 22.4 Å². The van der Waals surface area contributed by atoms with Crippen molar-refractivity contribution in [2.24, 2.45) is 5.73 Å². The van der Waals surface area contributed by atoms with Crippen LogP contribution in [-0.4, -0.2) is 20.5 Å². The maximum atomic E-state index is 13.2. The van der Waals surface area contributed by atoms with Crippen LogP contribution in [0, 0.1) is 17.1 Å². The second kappa shape index (κ2) is 6.71. The van der Waals surface area contributed by atoms with E-state index in [9.17, 15) is 12.8 Å². The number of sulfonamides is 1. The molecule has 116 valence electrons. The van der Waals surface area contributed by atoms with E-state index in [1.165, 1.54) is 0 Å². The Morgan fingerprint density at radius 3 is 2.52 bits per heavy atom. The van der Waals surface area contributed by atoms with E-state index in [-0.39, 0.29) is 29.4 Å². The molecule has 0 amide bonds. The fraction of sp³-hybridized carbons (Fsp3) is 0.462. The summed E-state index contributed by atoms with van der Waals surface area (Å²) in [6.07, 6.45) is 3.23. The van der Waals surface area contributed by atoms with Crippen molar-refractivity contribution in [3.05, 3.63) is 29.6 Å². The molecule has 5 nitrogen and oxygen atoms in total. The molecular weight excluding hydrogens is 317 g/mol. The molecule has 0 atom stereocenters. The largest absolute Gasteiger partial charge is 0.329 e. The molecule has 1 fully saturated rings. The number of hydrogen-bond acceptors (Lipinski definition) is 4. The minimum Gasteiger partial charge on any atom is -0.329 e. The average Bonchev–Trinajstić information content (AvgIpc) is 2.87. The molecule has 2 rings (SSSR count). The highest BCUT2D eigenvalue weighted by Crippen LogP contribution is 2.30. The Bertz CT molecular complexity index is 652. The minimum absolute atomic E-state index is 0. The summed E-state index contributed by atoms with van der Waals surface area (Å²) < 4.78 is 40.5.